The lowest BCUT2D eigenvalue weighted by Crippen LogP contribution is -2.26. The van der Waals surface area contributed by atoms with E-state index in [-0.39, 0.29) is 10.9 Å². The molecule has 24 heavy (non-hydrogen) atoms. The number of benzene rings is 3. The van der Waals surface area contributed by atoms with E-state index in [0.717, 1.165) is 16.7 Å². The van der Waals surface area contributed by atoms with E-state index < -0.39 is 10.0 Å². The van der Waals surface area contributed by atoms with Crippen LogP contribution in [0.3, 0.4) is 0 Å². The van der Waals surface area contributed by atoms with Crippen LogP contribution >= 0.6 is 0 Å². The van der Waals surface area contributed by atoms with Crippen molar-refractivity contribution in [3.05, 3.63) is 90.5 Å². The lowest BCUT2D eigenvalue weighted by molar-refractivity contribution is 0.567. The van der Waals surface area contributed by atoms with E-state index in [1.165, 1.54) is 0 Å². The molecule has 0 fully saturated rings. The summed E-state index contributed by atoms with van der Waals surface area (Å²) < 4.78 is 27.5. The normalized spacial score (nSPS) is 12.7. The van der Waals surface area contributed by atoms with Gasteiger partial charge in [-0.2, -0.15) is 0 Å². The zero-order valence-electron chi connectivity index (χ0n) is 13.4. The van der Waals surface area contributed by atoms with Crippen molar-refractivity contribution in [1.29, 1.82) is 0 Å². The Bertz CT molecular complexity index is 889. The molecule has 1 N–H and O–H groups in total. The summed E-state index contributed by atoms with van der Waals surface area (Å²) in [6, 6.07) is 26.1. The molecular weight excluding hydrogens is 318 g/mol. The molecule has 3 aromatic carbocycles. The first-order valence-corrected chi connectivity index (χ1v) is 9.27. The molecule has 0 saturated carbocycles. The Morgan fingerprint density at radius 3 is 1.79 bits per heavy atom. The molecule has 0 heterocycles. The second-order valence-electron chi connectivity index (χ2n) is 5.64. The largest absolute Gasteiger partial charge is 0.241 e. The summed E-state index contributed by atoms with van der Waals surface area (Å²) in [6.45, 7) is 1.85. The van der Waals surface area contributed by atoms with Gasteiger partial charge in [0.15, 0.2) is 0 Å². The fourth-order valence-electron chi connectivity index (χ4n) is 2.56. The molecule has 0 unspecified atom stereocenters. The van der Waals surface area contributed by atoms with Crippen molar-refractivity contribution in [2.45, 2.75) is 17.9 Å². The van der Waals surface area contributed by atoms with Crippen molar-refractivity contribution in [3.63, 3.8) is 0 Å². The minimum atomic E-state index is -3.52. The molecule has 0 amide bonds. The topological polar surface area (TPSA) is 46.2 Å². The van der Waals surface area contributed by atoms with Crippen LogP contribution in [0, 0.1) is 0 Å². The second-order valence-corrected chi connectivity index (χ2v) is 7.36. The van der Waals surface area contributed by atoms with Crippen LogP contribution in [0.15, 0.2) is 89.8 Å². The number of rotatable bonds is 5. The molecule has 0 aliphatic carbocycles. The highest BCUT2D eigenvalue weighted by Gasteiger charge is 2.17. The Morgan fingerprint density at radius 1 is 0.708 bits per heavy atom. The quantitative estimate of drug-likeness (QED) is 0.750. The number of nitrogens with one attached hydrogen (secondary N) is 1. The summed E-state index contributed by atoms with van der Waals surface area (Å²) in [7, 11) is -3.52. The highest BCUT2D eigenvalue weighted by Crippen LogP contribution is 2.22. The molecule has 4 heteroatoms. The first kappa shape index (κ1) is 16.4. The smallest absolute Gasteiger partial charge is 0.207 e. The van der Waals surface area contributed by atoms with Gasteiger partial charge in [0, 0.05) is 6.04 Å². The Hall–Kier alpha value is -2.43. The van der Waals surface area contributed by atoms with E-state index in [1.807, 2.05) is 49.4 Å². The minimum Gasteiger partial charge on any atom is -0.207 e. The van der Waals surface area contributed by atoms with Gasteiger partial charge in [0.05, 0.1) is 4.90 Å². The van der Waals surface area contributed by atoms with Crippen LogP contribution in [-0.2, 0) is 10.0 Å². The molecular formula is C20H19NO2S. The van der Waals surface area contributed by atoms with E-state index in [4.69, 9.17) is 0 Å². The van der Waals surface area contributed by atoms with Crippen molar-refractivity contribution in [1.82, 2.24) is 4.72 Å². The molecule has 3 aromatic rings. The van der Waals surface area contributed by atoms with E-state index in [0.29, 0.717) is 0 Å². The van der Waals surface area contributed by atoms with Gasteiger partial charge in [-0.1, -0.05) is 72.8 Å². The second kappa shape index (κ2) is 6.99. The summed E-state index contributed by atoms with van der Waals surface area (Å²) in [6.07, 6.45) is 0. The third-order valence-corrected chi connectivity index (χ3v) is 5.46. The molecule has 0 radical (unpaired) electrons. The molecule has 122 valence electrons. The van der Waals surface area contributed by atoms with Crippen LogP contribution in [0.1, 0.15) is 18.5 Å². The van der Waals surface area contributed by atoms with Crippen LogP contribution in [0.2, 0.25) is 0 Å². The Morgan fingerprint density at radius 2 is 1.21 bits per heavy atom. The monoisotopic (exact) mass is 337 g/mol. The highest BCUT2D eigenvalue weighted by molar-refractivity contribution is 7.89. The SMILES string of the molecule is C[C@H](NS(=O)(=O)c1ccccc1)c1ccc(-c2ccccc2)cc1. The zero-order valence-corrected chi connectivity index (χ0v) is 14.2. The number of hydrogen-bond donors (Lipinski definition) is 1. The Kier molecular flexibility index (Phi) is 4.79. The van der Waals surface area contributed by atoms with Crippen molar-refractivity contribution in [3.8, 4) is 11.1 Å². The summed E-state index contributed by atoms with van der Waals surface area (Å²) in [4.78, 5) is 0.276. The maximum absolute atomic E-state index is 12.4. The zero-order chi connectivity index (χ0) is 17.0. The van der Waals surface area contributed by atoms with Gasteiger partial charge in [-0.05, 0) is 35.7 Å². The highest BCUT2D eigenvalue weighted by atomic mass is 32.2. The predicted octanol–water partition coefficient (Wildman–Crippen LogP) is 4.39. The van der Waals surface area contributed by atoms with Gasteiger partial charge in [0.25, 0.3) is 0 Å². The van der Waals surface area contributed by atoms with Gasteiger partial charge in [0.1, 0.15) is 0 Å². The van der Waals surface area contributed by atoms with Crippen molar-refractivity contribution < 1.29 is 8.42 Å². The molecule has 3 nitrogen and oxygen atoms in total. The van der Waals surface area contributed by atoms with E-state index in [1.54, 1.807) is 30.3 Å². The molecule has 0 aliphatic rings. The van der Waals surface area contributed by atoms with Gasteiger partial charge in [-0.3, -0.25) is 0 Å². The summed E-state index contributed by atoms with van der Waals surface area (Å²) in [5.74, 6) is 0. The first-order chi connectivity index (χ1) is 11.6. The van der Waals surface area contributed by atoms with Gasteiger partial charge >= 0.3 is 0 Å². The standard InChI is InChI=1S/C20H19NO2S/c1-16(21-24(22,23)20-10-6-3-7-11-20)17-12-14-19(15-13-17)18-8-4-2-5-9-18/h2-16,21H,1H3/t16-/m0/s1. The van der Waals surface area contributed by atoms with E-state index in [9.17, 15) is 8.42 Å². The lowest BCUT2D eigenvalue weighted by Gasteiger charge is -2.15. The van der Waals surface area contributed by atoms with Crippen LogP contribution < -0.4 is 4.72 Å². The van der Waals surface area contributed by atoms with Crippen LogP contribution in [-0.4, -0.2) is 8.42 Å². The molecule has 1 atom stereocenters. The summed E-state index contributed by atoms with van der Waals surface area (Å²) in [5, 5.41) is 0. The fraction of sp³-hybridized carbons (Fsp3) is 0.100. The maximum atomic E-state index is 12.4. The average molecular weight is 337 g/mol. The number of sulfonamides is 1. The predicted molar refractivity (Wildman–Crippen MR) is 97.1 cm³/mol. The number of hydrogen-bond acceptors (Lipinski definition) is 2. The van der Waals surface area contributed by atoms with Crippen molar-refractivity contribution in [2.24, 2.45) is 0 Å². The van der Waals surface area contributed by atoms with Crippen LogP contribution in [0.25, 0.3) is 11.1 Å². The van der Waals surface area contributed by atoms with Gasteiger partial charge < -0.3 is 0 Å². The van der Waals surface area contributed by atoms with E-state index >= 15 is 0 Å². The lowest BCUT2D eigenvalue weighted by atomic mass is 10.0. The maximum Gasteiger partial charge on any atom is 0.241 e. The first-order valence-electron chi connectivity index (χ1n) is 7.79. The van der Waals surface area contributed by atoms with Gasteiger partial charge in [-0.15, -0.1) is 0 Å². The molecule has 0 aliphatic heterocycles. The third kappa shape index (κ3) is 3.72. The molecule has 0 bridgehead atoms. The van der Waals surface area contributed by atoms with Crippen LogP contribution in [0.5, 0.6) is 0 Å². The van der Waals surface area contributed by atoms with E-state index in [2.05, 4.69) is 16.9 Å². The third-order valence-electron chi connectivity index (χ3n) is 3.90. The average Bonchev–Trinajstić information content (AvgIpc) is 2.63. The Balaban J connectivity index is 1.77. The van der Waals surface area contributed by atoms with Crippen LogP contribution in [0.4, 0.5) is 0 Å². The molecule has 0 saturated heterocycles. The molecule has 0 spiro atoms. The summed E-state index contributed by atoms with van der Waals surface area (Å²) >= 11 is 0. The summed E-state index contributed by atoms with van der Waals surface area (Å²) in [5.41, 5.74) is 3.17. The van der Waals surface area contributed by atoms with Gasteiger partial charge in [-0.25, -0.2) is 13.1 Å². The molecule has 3 rings (SSSR count). The molecule has 0 aromatic heterocycles. The van der Waals surface area contributed by atoms with Crippen molar-refractivity contribution >= 4 is 10.0 Å². The van der Waals surface area contributed by atoms with Gasteiger partial charge in [0.2, 0.25) is 10.0 Å². The Labute approximate surface area is 143 Å². The van der Waals surface area contributed by atoms with Crippen molar-refractivity contribution in [2.75, 3.05) is 0 Å². The minimum absolute atomic E-state index is 0.276. The fourth-order valence-corrected chi connectivity index (χ4v) is 3.82.